The average molecular weight is 311 g/mol. The number of ether oxygens (including phenoxy) is 1. The number of rotatable bonds is 6. The van der Waals surface area contributed by atoms with Crippen LogP contribution in [0, 0.1) is 0 Å². The summed E-state index contributed by atoms with van der Waals surface area (Å²) in [5.74, 6) is 0.229. The summed E-state index contributed by atoms with van der Waals surface area (Å²) in [4.78, 5) is 23.6. The van der Waals surface area contributed by atoms with Crippen molar-refractivity contribution in [3.63, 3.8) is 0 Å². The minimum atomic E-state index is -0.664. The SMILES string of the molecule is CCc1ccc(NC(=O)[C@@H](C)Oc2cccc(C(C)=O)c2)cc1. The molecule has 2 rings (SSSR count). The first-order valence-electron chi connectivity index (χ1n) is 7.67. The molecule has 120 valence electrons. The van der Waals surface area contributed by atoms with Gasteiger partial charge in [-0.2, -0.15) is 0 Å². The van der Waals surface area contributed by atoms with Crippen molar-refractivity contribution >= 4 is 17.4 Å². The van der Waals surface area contributed by atoms with Gasteiger partial charge in [0.1, 0.15) is 5.75 Å². The van der Waals surface area contributed by atoms with Crippen molar-refractivity contribution in [3.05, 3.63) is 59.7 Å². The van der Waals surface area contributed by atoms with E-state index in [0.717, 1.165) is 12.1 Å². The smallest absolute Gasteiger partial charge is 0.265 e. The van der Waals surface area contributed by atoms with Crippen LogP contribution >= 0.6 is 0 Å². The first kappa shape index (κ1) is 16.7. The van der Waals surface area contributed by atoms with Gasteiger partial charge in [-0.3, -0.25) is 9.59 Å². The summed E-state index contributed by atoms with van der Waals surface area (Å²) in [7, 11) is 0. The standard InChI is InChI=1S/C19H21NO3/c1-4-15-8-10-17(11-9-15)20-19(22)14(3)23-18-7-5-6-16(12-18)13(2)21/h5-12,14H,4H2,1-3H3,(H,20,22)/t14-/m1/s1. The second-order valence-corrected chi connectivity index (χ2v) is 5.38. The van der Waals surface area contributed by atoms with E-state index < -0.39 is 6.10 Å². The van der Waals surface area contributed by atoms with Gasteiger partial charge in [-0.15, -0.1) is 0 Å². The van der Waals surface area contributed by atoms with Crippen LogP contribution in [0.4, 0.5) is 5.69 Å². The van der Waals surface area contributed by atoms with E-state index in [9.17, 15) is 9.59 Å². The van der Waals surface area contributed by atoms with E-state index in [2.05, 4.69) is 12.2 Å². The maximum Gasteiger partial charge on any atom is 0.265 e. The predicted molar refractivity (Wildman–Crippen MR) is 91.0 cm³/mol. The molecule has 2 aromatic rings. The lowest BCUT2D eigenvalue weighted by molar-refractivity contribution is -0.122. The fraction of sp³-hybridized carbons (Fsp3) is 0.263. The third kappa shape index (κ3) is 4.68. The van der Waals surface area contributed by atoms with Crippen molar-refractivity contribution in [2.75, 3.05) is 5.32 Å². The van der Waals surface area contributed by atoms with Gasteiger partial charge in [-0.25, -0.2) is 0 Å². The van der Waals surface area contributed by atoms with Crippen molar-refractivity contribution < 1.29 is 14.3 Å². The van der Waals surface area contributed by atoms with E-state index in [1.54, 1.807) is 31.2 Å². The fourth-order valence-corrected chi connectivity index (χ4v) is 2.11. The molecule has 0 aliphatic rings. The fourth-order valence-electron chi connectivity index (χ4n) is 2.11. The van der Waals surface area contributed by atoms with Crippen LogP contribution in [-0.4, -0.2) is 17.8 Å². The van der Waals surface area contributed by atoms with Crippen molar-refractivity contribution in [3.8, 4) is 5.75 Å². The van der Waals surface area contributed by atoms with E-state index >= 15 is 0 Å². The van der Waals surface area contributed by atoms with Crippen molar-refractivity contribution in [2.45, 2.75) is 33.3 Å². The zero-order valence-electron chi connectivity index (χ0n) is 13.6. The topological polar surface area (TPSA) is 55.4 Å². The number of aryl methyl sites for hydroxylation is 1. The normalized spacial score (nSPS) is 11.6. The second kappa shape index (κ2) is 7.58. The van der Waals surface area contributed by atoms with E-state index in [-0.39, 0.29) is 11.7 Å². The number of benzene rings is 2. The first-order chi connectivity index (χ1) is 11.0. The highest BCUT2D eigenvalue weighted by molar-refractivity contribution is 5.95. The summed E-state index contributed by atoms with van der Waals surface area (Å²) in [5.41, 5.74) is 2.51. The van der Waals surface area contributed by atoms with Crippen LogP contribution in [0.5, 0.6) is 5.75 Å². The molecule has 0 radical (unpaired) electrons. The van der Waals surface area contributed by atoms with Crippen LogP contribution in [-0.2, 0) is 11.2 Å². The largest absolute Gasteiger partial charge is 0.481 e. The van der Waals surface area contributed by atoms with Crippen LogP contribution in [0.2, 0.25) is 0 Å². The number of anilines is 1. The van der Waals surface area contributed by atoms with Crippen LogP contribution in [0.3, 0.4) is 0 Å². The van der Waals surface area contributed by atoms with E-state index in [1.165, 1.54) is 12.5 Å². The Balaban J connectivity index is 1.99. The molecule has 1 amide bonds. The Hall–Kier alpha value is -2.62. The molecule has 0 unspecified atom stereocenters. The molecule has 2 aromatic carbocycles. The average Bonchev–Trinajstić information content (AvgIpc) is 2.55. The number of carbonyl (C=O) groups excluding carboxylic acids is 2. The number of Topliss-reactive ketones (excluding diaryl/α,β-unsaturated/α-hetero) is 1. The van der Waals surface area contributed by atoms with Crippen molar-refractivity contribution in [2.24, 2.45) is 0 Å². The van der Waals surface area contributed by atoms with Gasteiger partial charge in [-0.1, -0.05) is 31.2 Å². The number of nitrogens with one attached hydrogen (secondary N) is 1. The second-order valence-electron chi connectivity index (χ2n) is 5.38. The van der Waals surface area contributed by atoms with Crippen molar-refractivity contribution in [1.29, 1.82) is 0 Å². The van der Waals surface area contributed by atoms with Gasteiger partial charge < -0.3 is 10.1 Å². The van der Waals surface area contributed by atoms with Gasteiger partial charge in [-0.05, 0) is 50.1 Å². The summed E-state index contributed by atoms with van der Waals surface area (Å²) in [5, 5.41) is 2.82. The van der Waals surface area contributed by atoms with Gasteiger partial charge in [0, 0.05) is 11.3 Å². The van der Waals surface area contributed by atoms with E-state index in [0.29, 0.717) is 11.3 Å². The molecule has 0 aliphatic carbocycles. The van der Waals surface area contributed by atoms with Crippen LogP contribution in [0.1, 0.15) is 36.7 Å². The Morgan fingerprint density at radius 1 is 1.13 bits per heavy atom. The van der Waals surface area contributed by atoms with E-state index in [4.69, 9.17) is 4.74 Å². The zero-order chi connectivity index (χ0) is 16.8. The number of amides is 1. The van der Waals surface area contributed by atoms with Crippen LogP contribution < -0.4 is 10.1 Å². The summed E-state index contributed by atoms with van der Waals surface area (Å²) in [6.45, 7) is 5.25. The number of hydrogen-bond donors (Lipinski definition) is 1. The Morgan fingerprint density at radius 2 is 1.83 bits per heavy atom. The molecule has 0 aliphatic heterocycles. The minimum absolute atomic E-state index is 0.0384. The maximum absolute atomic E-state index is 12.2. The molecule has 23 heavy (non-hydrogen) atoms. The minimum Gasteiger partial charge on any atom is -0.481 e. The molecule has 0 bridgehead atoms. The first-order valence-corrected chi connectivity index (χ1v) is 7.67. The van der Waals surface area contributed by atoms with E-state index in [1.807, 2.05) is 24.3 Å². The molecule has 0 spiro atoms. The molecule has 0 aromatic heterocycles. The molecule has 0 heterocycles. The molecule has 4 heteroatoms. The molecule has 0 saturated carbocycles. The molecule has 1 N–H and O–H groups in total. The van der Waals surface area contributed by atoms with Crippen molar-refractivity contribution in [1.82, 2.24) is 0 Å². The summed E-state index contributed by atoms with van der Waals surface area (Å²) in [6, 6.07) is 14.5. The highest BCUT2D eigenvalue weighted by Crippen LogP contribution is 2.16. The number of carbonyl (C=O) groups is 2. The van der Waals surface area contributed by atoms with Gasteiger partial charge in [0.05, 0.1) is 0 Å². The zero-order valence-corrected chi connectivity index (χ0v) is 13.6. The maximum atomic E-state index is 12.2. The number of hydrogen-bond acceptors (Lipinski definition) is 3. The summed E-state index contributed by atoms with van der Waals surface area (Å²) < 4.78 is 5.62. The summed E-state index contributed by atoms with van der Waals surface area (Å²) >= 11 is 0. The van der Waals surface area contributed by atoms with Gasteiger partial charge in [0.2, 0.25) is 0 Å². The Morgan fingerprint density at radius 3 is 2.43 bits per heavy atom. The monoisotopic (exact) mass is 311 g/mol. The molecule has 0 saturated heterocycles. The lowest BCUT2D eigenvalue weighted by Gasteiger charge is -2.15. The van der Waals surface area contributed by atoms with Gasteiger partial charge in [0.15, 0.2) is 11.9 Å². The van der Waals surface area contributed by atoms with Crippen LogP contribution in [0.15, 0.2) is 48.5 Å². The molecule has 4 nitrogen and oxygen atoms in total. The molecular weight excluding hydrogens is 290 g/mol. The highest BCUT2D eigenvalue weighted by atomic mass is 16.5. The highest BCUT2D eigenvalue weighted by Gasteiger charge is 2.15. The lowest BCUT2D eigenvalue weighted by Crippen LogP contribution is -2.30. The lowest BCUT2D eigenvalue weighted by atomic mass is 10.1. The third-order valence-corrected chi connectivity index (χ3v) is 3.55. The third-order valence-electron chi connectivity index (χ3n) is 3.55. The molecule has 1 atom stereocenters. The van der Waals surface area contributed by atoms with Gasteiger partial charge >= 0.3 is 0 Å². The van der Waals surface area contributed by atoms with Gasteiger partial charge in [0.25, 0.3) is 5.91 Å². The predicted octanol–water partition coefficient (Wildman–Crippen LogP) is 3.86. The summed E-state index contributed by atoms with van der Waals surface area (Å²) in [6.07, 6.45) is 0.295. The Kier molecular flexibility index (Phi) is 5.52. The Labute approximate surface area is 136 Å². The number of ketones is 1. The molecule has 0 fully saturated rings. The quantitative estimate of drug-likeness (QED) is 0.824. The Bertz CT molecular complexity index is 692. The van der Waals surface area contributed by atoms with Crippen LogP contribution in [0.25, 0.3) is 0 Å². The molecular formula is C19H21NO3.